The molecule has 0 aliphatic heterocycles. The normalized spacial score (nSPS) is 12.4. The molecule has 0 amide bonds. The van der Waals surface area contributed by atoms with Gasteiger partial charge in [0.1, 0.15) is 5.76 Å². The van der Waals surface area contributed by atoms with Crippen molar-refractivity contribution in [2.45, 2.75) is 26.3 Å². The highest BCUT2D eigenvalue weighted by Gasteiger charge is 2.09. The lowest BCUT2D eigenvalue weighted by atomic mass is 10.3. The second kappa shape index (κ2) is 4.68. The summed E-state index contributed by atoms with van der Waals surface area (Å²) in [6.07, 6.45) is 7.57. The Morgan fingerprint density at radius 2 is 2.54 bits per heavy atom. The summed E-state index contributed by atoms with van der Waals surface area (Å²) in [7, 11) is 0. The van der Waals surface area contributed by atoms with Crippen LogP contribution in [0.1, 0.15) is 31.0 Å². The van der Waals surface area contributed by atoms with E-state index < -0.39 is 0 Å². The lowest BCUT2D eigenvalue weighted by molar-refractivity contribution is 0.405. The zero-order valence-electron chi connectivity index (χ0n) is 8.00. The van der Waals surface area contributed by atoms with E-state index in [1.54, 1.807) is 6.20 Å². The second-order valence-corrected chi connectivity index (χ2v) is 2.94. The van der Waals surface area contributed by atoms with Crippen LogP contribution in [-0.2, 0) is 0 Å². The molecule has 3 heteroatoms. The van der Waals surface area contributed by atoms with Crippen LogP contribution in [0.5, 0.6) is 0 Å². The minimum Gasteiger partial charge on any atom is -0.444 e. The number of aromatic nitrogens is 1. The first kappa shape index (κ1) is 9.82. The van der Waals surface area contributed by atoms with Crippen LogP contribution in [0.3, 0.4) is 0 Å². The highest BCUT2D eigenvalue weighted by Crippen LogP contribution is 2.11. The maximum absolute atomic E-state index is 5.35. The van der Waals surface area contributed by atoms with E-state index in [-0.39, 0.29) is 6.04 Å². The van der Waals surface area contributed by atoms with Crippen LogP contribution in [0.2, 0.25) is 0 Å². The van der Waals surface area contributed by atoms with E-state index >= 15 is 0 Å². The minimum atomic E-state index is 0.127. The first-order valence-electron chi connectivity index (χ1n) is 4.33. The van der Waals surface area contributed by atoms with Crippen LogP contribution in [0.25, 0.3) is 0 Å². The summed E-state index contributed by atoms with van der Waals surface area (Å²) in [5, 5.41) is 3.21. The van der Waals surface area contributed by atoms with Crippen molar-refractivity contribution < 1.29 is 4.42 Å². The third-order valence-corrected chi connectivity index (χ3v) is 1.73. The molecule has 0 radical (unpaired) electrons. The molecule has 0 aliphatic rings. The Morgan fingerprint density at radius 1 is 1.77 bits per heavy atom. The van der Waals surface area contributed by atoms with Crippen LogP contribution in [0.4, 0.5) is 0 Å². The summed E-state index contributed by atoms with van der Waals surface area (Å²) in [5.41, 5.74) is 0. The quantitative estimate of drug-likeness (QED) is 0.563. The van der Waals surface area contributed by atoms with Crippen molar-refractivity contribution in [1.82, 2.24) is 10.3 Å². The zero-order valence-corrected chi connectivity index (χ0v) is 8.00. The molecule has 0 aromatic carbocycles. The van der Waals surface area contributed by atoms with Gasteiger partial charge in [0.2, 0.25) is 5.89 Å². The number of hydrogen-bond acceptors (Lipinski definition) is 3. The lowest BCUT2D eigenvalue weighted by Gasteiger charge is -2.07. The van der Waals surface area contributed by atoms with E-state index in [1.807, 2.05) is 13.8 Å². The third kappa shape index (κ3) is 2.92. The van der Waals surface area contributed by atoms with Crippen LogP contribution in [0.15, 0.2) is 10.6 Å². The van der Waals surface area contributed by atoms with Crippen molar-refractivity contribution in [3.05, 3.63) is 17.8 Å². The number of rotatable bonds is 4. The van der Waals surface area contributed by atoms with Gasteiger partial charge < -0.3 is 9.73 Å². The predicted molar refractivity (Wildman–Crippen MR) is 51.1 cm³/mol. The molecule has 3 nitrogen and oxygen atoms in total. The zero-order chi connectivity index (χ0) is 9.68. The molecule has 1 unspecified atom stereocenters. The molecular formula is C10H14N2O. The van der Waals surface area contributed by atoms with E-state index in [9.17, 15) is 0 Å². The highest BCUT2D eigenvalue weighted by molar-refractivity contribution is 4.95. The number of hydrogen-bond donors (Lipinski definition) is 1. The first-order valence-corrected chi connectivity index (χ1v) is 4.33. The summed E-state index contributed by atoms with van der Waals surface area (Å²) < 4.78 is 5.35. The molecule has 0 fully saturated rings. The number of nitrogens with one attached hydrogen (secondary N) is 1. The molecule has 1 aromatic heterocycles. The molecule has 1 N–H and O–H groups in total. The Balaban J connectivity index is 2.40. The molecule has 70 valence electrons. The SMILES string of the molecule is C#CCCNC(C)c1ncc(C)o1. The summed E-state index contributed by atoms with van der Waals surface area (Å²) >= 11 is 0. The molecule has 0 saturated carbocycles. The molecule has 1 aromatic rings. The molecule has 13 heavy (non-hydrogen) atoms. The molecular weight excluding hydrogens is 164 g/mol. The average Bonchev–Trinajstić information content (AvgIpc) is 2.52. The van der Waals surface area contributed by atoms with E-state index in [2.05, 4.69) is 16.2 Å². The van der Waals surface area contributed by atoms with Crippen molar-refractivity contribution in [3.8, 4) is 12.3 Å². The minimum absolute atomic E-state index is 0.127. The van der Waals surface area contributed by atoms with Crippen molar-refractivity contribution in [2.75, 3.05) is 6.54 Å². The lowest BCUT2D eigenvalue weighted by Crippen LogP contribution is -2.19. The number of nitrogens with zero attached hydrogens (tertiary/aromatic N) is 1. The van der Waals surface area contributed by atoms with E-state index in [1.165, 1.54) is 0 Å². The fraction of sp³-hybridized carbons (Fsp3) is 0.500. The number of oxazole rings is 1. The molecule has 1 atom stereocenters. The molecule has 0 bridgehead atoms. The summed E-state index contributed by atoms with van der Waals surface area (Å²) in [6.45, 7) is 4.67. The molecule has 1 rings (SSSR count). The molecule has 1 heterocycles. The average molecular weight is 178 g/mol. The van der Waals surface area contributed by atoms with Crippen molar-refractivity contribution in [2.24, 2.45) is 0 Å². The van der Waals surface area contributed by atoms with Gasteiger partial charge in [-0.2, -0.15) is 0 Å². The van der Waals surface area contributed by atoms with Crippen LogP contribution in [-0.4, -0.2) is 11.5 Å². The number of aryl methyl sites for hydroxylation is 1. The van der Waals surface area contributed by atoms with Gasteiger partial charge in [-0.1, -0.05) is 0 Å². The van der Waals surface area contributed by atoms with E-state index in [4.69, 9.17) is 10.8 Å². The van der Waals surface area contributed by atoms with Gasteiger partial charge in [-0.15, -0.1) is 12.3 Å². The summed E-state index contributed by atoms with van der Waals surface area (Å²) in [6, 6.07) is 0.127. The Hall–Kier alpha value is -1.27. The third-order valence-electron chi connectivity index (χ3n) is 1.73. The van der Waals surface area contributed by atoms with Crippen LogP contribution >= 0.6 is 0 Å². The molecule has 0 spiro atoms. The monoisotopic (exact) mass is 178 g/mol. The fourth-order valence-electron chi connectivity index (χ4n) is 1.02. The van der Waals surface area contributed by atoms with E-state index in [0.717, 1.165) is 24.6 Å². The van der Waals surface area contributed by atoms with Gasteiger partial charge in [-0.3, -0.25) is 0 Å². The Kier molecular flexibility index (Phi) is 3.53. The smallest absolute Gasteiger partial charge is 0.211 e. The van der Waals surface area contributed by atoms with Crippen LogP contribution < -0.4 is 5.32 Å². The molecule has 0 saturated heterocycles. The van der Waals surface area contributed by atoms with Gasteiger partial charge in [0.25, 0.3) is 0 Å². The van der Waals surface area contributed by atoms with Crippen molar-refractivity contribution in [1.29, 1.82) is 0 Å². The predicted octanol–water partition coefficient (Wildman–Crippen LogP) is 1.66. The van der Waals surface area contributed by atoms with E-state index in [0.29, 0.717) is 0 Å². The van der Waals surface area contributed by atoms with Gasteiger partial charge in [0.05, 0.1) is 12.2 Å². The number of terminal acetylenes is 1. The highest BCUT2D eigenvalue weighted by atomic mass is 16.4. The fourth-order valence-corrected chi connectivity index (χ4v) is 1.02. The summed E-state index contributed by atoms with van der Waals surface area (Å²) in [5.74, 6) is 4.12. The van der Waals surface area contributed by atoms with Crippen molar-refractivity contribution >= 4 is 0 Å². The van der Waals surface area contributed by atoms with Crippen molar-refractivity contribution in [3.63, 3.8) is 0 Å². The summed E-state index contributed by atoms with van der Waals surface area (Å²) in [4.78, 5) is 4.11. The Morgan fingerprint density at radius 3 is 3.08 bits per heavy atom. The Labute approximate surface area is 78.5 Å². The van der Waals surface area contributed by atoms with Gasteiger partial charge >= 0.3 is 0 Å². The molecule has 0 aliphatic carbocycles. The first-order chi connectivity index (χ1) is 6.24. The maximum Gasteiger partial charge on any atom is 0.211 e. The van der Waals surface area contributed by atoms with Gasteiger partial charge in [0.15, 0.2) is 0 Å². The van der Waals surface area contributed by atoms with Crippen LogP contribution in [0, 0.1) is 19.3 Å². The largest absolute Gasteiger partial charge is 0.444 e. The van der Waals surface area contributed by atoms with Gasteiger partial charge in [0, 0.05) is 13.0 Å². The standard InChI is InChI=1S/C10H14N2O/c1-4-5-6-11-9(3)10-12-7-8(2)13-10/h1,7,9,11H,5-6H2,2-3H3. The maximum atomic E-state index is 5.35. The second-order valence-electron chi connectivity index (χ2n) is 2.94. The van der Waals surface area contributed by atoms with Gasteiger partial charge in [-0.25, -0.2) is 4.98 Å². The Bertz CT molecular complexity index is 298. The topological polar surface area (TPSA) is 38.1 Å². The van der Waals surface area contributed by atoms with Gasteiger partial charge in [-0.05, 0) is 13.8 Å².